The maximum atomic E-state index is 12.9. The van der Waals surface area contributed by atoms with Gasteiger partial charge in [-0.25, -0.2) is 0 Å². The minimum atomic E-state index is -5.88. The van der Waals surface area contributed by atoms with Crippen molar-refractivity contribution in [2.75, 3.05) is 13.2 Å². The number of phosphoric acid groups is 3. The van der Waals surface area contributed by atoms with Crippen LogP contribution in [0.2, 0.25) is 0 Å². The quantitative estimate of drug-likeness (QED) is 0.0171. The second-order valence-electron chi connectivity index (χ2n) is 16.6. The Morgan fingerprint density at radius 3 is 1.15 bits per heavy atom. The van der Waals surface area contributed by atoms with Gasteiger partial charge in [-0.1, -0.05) is 168 Å². The highest BCUT2D eigenvalue weighted by molar-refractivity contribution is 7.46. The molecule has 0 spiro atoms. The molecule has 0 aromatic heterocycles. The topological polar surface area (TPSA) is 421 Å². The lowest BCUT2D eigenvalue weighted by molar-refractivity contribution is -0.280. The van der Waals surface area contributed by atoms with Gasteiger partial charge in [-0.15, -0.1) is 0 Å². The van der Waals surface area contributed by atoms with Crippen molar-refractivity contribution in [1.29, 1.82) is 0 Å². The van der Waals surface area contributed by atoms with Gasteiger partial charge in [0.15, 0.2) is 6.10 Å². The van der Waals surface area contributed by atoms with Crippen molar-refractivity contribution in [2.45, 2.75) is 236 Å². The van der Waals surface area contributed by atoms with Gasteiger partial charge >= 0.3 is 11.9 Å². The molecule has 3 unspecified atom stereocenters. The number of aliphatic hydroxyl groups is 3. The molecule has 0 aliphatic heterocycles. The normalized spacial score (nSPS) is 22.6. The fourth-order valence-corrected chi connectivity index (χ4v) is 9.45. The van der Waals surface area contributed by atoms with E-state index >= 15 is 0 Å². The van der Waals surface area contributed by atoms with E-state index < -0.39 is 91.3 Å². The van der Waals surface area contributed by atoms with Gasteiger partial charge in [-0.05, 0) is 12.8 Å². The molecular weight excluding hydrogens is 931 g/mol. The van der Waals surface area contributed by atoms with Crippen molar-refractivity contribution in [2.24, 2.45) is 0 Å². The molecular formula is C41H90N3O19P3. The number of carbonyl (C=O) groups is 2. The molecule has 1 aliphatic carbocycles. The zero-order valence-corrected chi connectivity index (χ0v) is 43.2. The van der Waals surface area contributed by atoms with Gasteiger partial charge in [-0.3, -0.25) is 23.3 Å². The minimum Gasteiger partial charge on any atom is -0.756 e. The second-order valence-corrected chi connectivity index (χ2v) is 20.3. The van der Waals surface area contributed by atoms with Crippen molar-refractivity contribution < 1.29 is 90.6 Å². The van der Waals surface area contributed by atoms with Crippen LogP contribution in [0, 0.1) is 0 Å². The monoisotopic (exact) mass is 1020 g/mol. The summed E-state index contributed by atoms with van der Waals surface area (Å²) in [5.41, 5.74) is 0. The summed E-state index contributed by atoms with van der Waals surface area (Å²) in [7, 11) is -17.4. The largest absolute Gasteiger partial charge is 0.756 e. The van der Waals surface area contributed by atoms with Crippen LogP contribution in [0.15, 0.2) is 0 Å². The smallest absolute Gasteiger partial charge is 0.306 e. The van der Waals surface area contributed by atoms with E-state index in [0.717, 1.165) is 57.8 Å². The number of hydrogen-bond acceptors (Lipinski definition) is 17. The van der Waals surface area contributed by atoms with Gasteiger partial charge in [0.25, 0.3) is 23.5 Å². The molecule has 1 fully saturated rings. The molecule has 398 valence electrons. The standard InChI is InChI=1S/C41H81O19P3.3H3N/c1-3-5-7-9-11-13-15-17-19-21-23-25-27-29-34(42)55-31-33(57-35(43)30-28-26-24-22-20-18-16-14-12-10-8-6-4-2)32-56-63(53,54)60-39-36(44)37(45)40(58-61(47,48)49)41(38(39)46)59-62(50,51)52;;;/h33,36-41,44-46H,3-32H2,1-2H3,(H,53,54)(H2,47,48,49)(H2,50,51,52);3*1H3/t33-,36-,37+,38+,39-,40-,41-;;;/m1.../s1. The Bertz CT molecular complexity index is 1360. The third-order valence-corrected chi connectivity index (χ3v) is 12.9. The highest BCUT2D eigenvalue weighted by Crippen LogP contribution is 2.48. The van der Waals surface area contributed by atoms with Crippen LogP contribution in [0.1, 0.15) is 194 Å². The molecule has 22 nitrogen and oxygen atoms in total. The van der Waals surface area contributed by atoms with Gasteiger partial charge in [0, 0.05) is 12.8 Å². The molecule has 0 bridgehead atoms. The van der Waals surface area contributed by atoms with E-state index in [0.29, 0.717) is 12.8 Å². The number of phosphoric ester groups is 3. The van der Waals surface area contributed by atoms with E-state index in [4.69, 9.17) is 23.4 Å². The lowest BCUT2D eigenvalue weighted by Gasteiger charge is -2.47. The summed E-state index contributed by atoms with van der Waals surface area (Å²) in [6, 6.07) is 0. The third-order valence-electron chi connectivity index (χ3n) is 10.9. The number of ether oxygens (including phenoxy) is 2. The van der Waals surface area contributed by atoms with Crippen LogP contribution in [-0.2, 0) is 50.9 Å². The number of esters is 2. The summed E-state index contributed by atoms with van der Waals surface area (Å²) in [6.07, 6.45) is 11.7. The van der Waals surface area contributed by atoms with Crippen LogP contribution in [0.25, 0.3) is 0 Å². The van der Waals surface area contributed by atoms with E-state index in [1.54, 1.807) is 0 Å². The molecule has 0 radical (unpaired) electrons. The van der Waals surface area contributed by atoms with Crippen LogP contribution >= 0.6 is 23.5 Å². The maximum absolute atomic E-state index is 12.9. The Kier molecular flexibility index (Phi) is 41.7. The molecule has 0 aromatic carbocycles. The first kappa shape index (κ1) is 69.3. The fraction of sp³-hybridized carbons (Fsp3) is 0.951. The number of quaternary nitrogens is 3. The Hall–Kier alpha value is -0.970. The molecule has 1 aliphatic rings. The average Bonchev–Trinajstić information content (AvgIpc) is 3.20. The predicted octanol–water partition coefficient (Wildman–Crippen LogP) is 7.19. The fourth-order valence-electron chi connectivity index (χ4n) is 7.39. The lowest BCUT2D eigenvalue weighted by Crippen LogP contribution is -2.65. The molecule has 66 heavy (non-hydrogen) atoms. The second kappa shape index (κ2) is 39.7. The number of rotatable bonds is 40. The van der Waals surface area contributed by atoms with Gasteiger partial charge in [0.2, 0.25) is 0 Å². The average molecular weight is 1020 g/mol. The Labute approximate surface area is 393 Å². The van der Waals surface area contributed by atoms with Gasteiger partial charge in [-0.2, -0.15) is 0 Å². The van der Waals surface area contributed by atoms with Crippen molar-refractivity contribution >= 4 is 35.4 Å². The summed E-state index contributed by atoms with van der Waals surface area (Å²) < 4.78 is 64.3. The molecule has 0 amide bonds. The molecule has 0 heterocycles. The van der Waals surface area contributed by atoms with Crippen molar-refractivity contribution in [3.63, 3.8) is 0 Å². The zero-order chi connectivity index (χ0) is 47.2. The minimum absolute atomic E-state index is 0. The van der Waals surface area contributed by atoms with Gasteiger partial charge in [0.05, 0.1) is 6.61 Å². The molecule has 10 atom stereocenters. The lowest BCUT2D eigenvalue weighted by atomic mass is 9.85. The maximum Gasteiger partial charge on any atom is 0.306 e. The summed E-state index contributed by atoms with van der Waals surface area (Å²) >= 11 is 0. The first-order chi connectivity index (χ1) is 29.8. The van der Waals surface area contributed by atoms with Crippen LogP contribution in [0.5, 0.6) is 0 Å². The van der Waals surface area contributed by atoms with Crippen LogP contribution in [0.3, 0.4) is 0 Å². The number of unbranched alkanes of at least 4 members (excludes halogenated alkanes) is 24. The summed E-state index contributed by atoms with van der Waals surface area (Å²) in [4.78, 5) is 79.4. The first-order valence-corrected chi connectivity index (χ1v) is 27.7. The van der Waals surface area contributed by atoms with Crippen molar-refractivity contribution in [1.82, 2.24) is 18.5 Å². The summed E-state index contributed by atoms with van der Waals surface area (Å²) in [6.45, 7) is 2.81. The molecule has 1 rings (SSSR count). The van der Waals surface area contributed by atoms with Crippen LogP contribution in [0.4, 0.5) is 0 Å². The molecule has 1 saturated carbocycles. The van der Waals surface area contributed by atoms with Gasteiger partial charge < -0.3 is 85.8 Å². The van der Waals surface area contributed by atoms with Crippen LogP contribution < -0.4 is 33.1 Å². The van der Waals surface area contributed by atoms with Crippen molar-refractivity contribution in [3.8, 4) is 0 Å². The summed E-state index contributed by atoms with van der Waals surface area (Å²) in [5, 5.41) is 31.6. The molecule has 0 saturated heterocycles. The Morgan fingerprint density at radius 1 is 0.470 bits per heavy atom. The summed E-state index contributed by atoms with van der Waals surface area (Å²) in [5.74, 6) is -1.34. The van der Waals surface area contributed by atoms with E-state index in [-0.39, 0.29) is 31.3 Å². The Balaban J connectivity index is -0.0000132. The van der Waals surface area contributed by atoms with E-state index in [9.17, 15) is 58.2 Å². The zero-order valence-electron chi connectivity index (χ0n) is 40.5. The Morgan fingerprint density at radius 2 is 0.788 bits per heavy atom. The highest BCUT2D eigenvalue weighted by Gasteiger charge is 2.54. The van der Waals surface area contributed by atoms with Crippen LogP contribution in [-0.4, -0.2) is 93.0 Å². The number of hydrogen-bond donors (Lipinski definition) is 8. The third kappa shape index (κ3) is 35.2. The van der Waals surface area contributed by atoms with Gasteiger partial charge in [0.1, 0.15) is 43.2 Å². The SMILES string of the molecule is CCCCCCCCCCCCCCCC(=O)OC[C@H](COP(=O)([O-])O[C@@H]1[C@H](O)[C@H](O)[C@@H](OP(=O)([O-])O)[C@H](OP(=O)([O-])O)[C@H]1O)OC(=O)CCCCCCCCCCCCCCC.[NH4+].[NH4+].[NH4+]. The predicted molar refractivity (Wildman–Crippen MR) is 245 cm³/mol. The van der Waals surface area contributed by atoms with Crippen molar-refractivity contribution in [3.05, 3.63) is 0 Å². The first-order valence-electron chi connectivity index (χ1n) is 23.3. The van der Waals surface area contributed by atoms with E-state index in [1.165, 1.54) is 96.3 Å². The van der Waals surface area contributed by atoms with E-state index in [1.807, 2.05) is 0 Å². The van der Waals surface area contributed by atoms with E-state index in [2.05, 4.69) is 22.9 Å². The number of aliphatic hydroxyl groups excluding tert-OH is 3. The highest BCUT2D eigenvalue weighted by atomic mass is 31.2. The molecule has 17 N–H and O–H groups in total. The molecule has 0 aromatic rings. The molecule has 25 heteroatoms. The number of carbonyl (C=O) groups excluding carboxylic acids is 2.